The third-order valence-electron chi connectivity index (χ3n) is 4.54. The van der Waals surface area contributed by atoms with Crippen molar-refractivity contribution in [3.8, 4) is 0 Å². The summed E-state index contributed by atoms with van der Waals surface area (Å²) in [6.45, 7) is 9.02. The minimum Gasteiger partial charge on any atom is -0.316 e. The molecule has 0 bridgehead atoms. The van der Waals surface area contributed by atoms with Gasteiger partial charge in [-0.05, 0) is 89.0 Å². The third-order valence-corrected chi connectivity index (χ3v) is 4.54. The number of aryl methyl sites for hydroxylation is 3. The zero-order valence-electron chi connectivity index (χ0n) is 13.1. The molecule has 1 aliphatic heterocycles. The SMILES string of the molecule is Cc1cc(C)c(C(C2CCCNC2)N(C)C)cc1C. The largest absolute Gasteiger partial charge is 0.316 e. The van der Waals surface area contributed by atoms with Crippen LogP contribution in [0.4, 0.5) is 0 Å². The van der Waals surface area contributed by atoms with E-state index in [9.17, 15) is 0 Å². The van der Waals surface area contributed by atoms with Gasteiger partial charge in [0.25, 0.3) is 0 Å². The number of rotatable bonds is 3. The van der Waals surface area contributed by atoms with Crippen LogP contribution < -0.4 is 5.32 Å². The van der Waals surface area contributed by atoms with E-state index >= 15 is 0 Å². The van der Waals surface area contributed by atoms with Crippen LogP contribution in [0.3, 0.4) is 0 Å². The molecular formula is C17H28N2. The standard InChI is InChI=1S/C17H28N2/c1-12-9-14(3)16(10-13(12)2)17(19(4)5)15-7-6-8-18-11-15/h9-10,15,17-18H,6-8,11H2,1-5H3. The van der Waals surface area contributed by atoms with Gasteiger partial charge in [0.1, 0.15) is 0 Å². The van der Waals surface area contributed by atoms with Crippen molar-refractivity contribution in [3.63, 3.8) is 0 Å². The van der Waals surface area contributed by atoms with Crippen molar-refractivity contribution in [3.05, 3.63) is 34.4 Å². The molecule has 0 aliphatic carbocycles. The Hall–Kier alpha value is -0.860. The number of nitrogens with zero attached hydrogens (tertiary/aromatic N) is 1. The summed E-state index contributed by atoms with van der Waals surface area (Å²) >= 11 is 0. The number of benzene rings is 1. The zero-order valence-corrected chi connectivity index (χ0v) is 13.1. The first-order valence-electron chi connectivity index (χ1n) is 7.45. The lowest BCUT2D eigenvalue weighted by Gasteiger charge is -2.36. The molecule has 2 heteroatoms. The first kappa shape index (κ1) is 14.5. The lowest BCUT2D eigenvalue weighted by atomic mass is 9.83. The highest BCUT2D eigenvalue weighted by Gasteiger charge is 2.27. The first-order valence-corrected chi connectivity index (χ1v) is 7.45. The molecule has 2 atom stereocenters. The molecule has 1 heterocycles. The summed E-state index contributed by atoms with van der Waals surface area (Å²) in [4.78, 5) is 2.40. The second-order valence-electron chi connectivity index (χ2n) is 6.31. The van der Waals surface area contributed by atoms with Gasteiger partial charge in [-0.3, -0.25) is 0 Å². The lowest BCUT2D eigenvalue weighted by molar-refractivity contribution is 0.180. The van der Waals surface area contributed by atoms with E-state index in [1.54, 1.807) is 0 Å². The summed E-state index contributed by atoms with van der Waals surface area (Å²) in [6.07, 6.45) is 2.64. The fourth-order valence-electron chi connectivity index (χ4n) is 3.40. The Morgan fingerprint density at radius 2 is 1.79 bits per heavy atom. The molecule has 2 nitrogen and oxygen atoms in total. The van der Waals surface area contributed by atoms with E-state index in [4.69, 9.17) is 0 Å². The van der Waals surface area contributed by atoms with Gasteiger partial charge < -0.3 is 10.2 Å². The quantitative estimate of drug-likeness (QED) is 0.897. The van der Waals surface area contributed by atoms with Crippen LogP contribution in [-0.2, 0) is 0 Å². The van der Waals surface area contributed by atoms with Crippen LogP contribution in [0.2, 0.25) is 0 Å². The predicted molar refractivity (Wildman–Crippen MR) is 82.7 cm³/mol. The molecule has 1 aromatic rings. The maximum atomic E-state index is 3.56. The Labute approximate surface area is 118 Å². The Kier molecular flexibility index (Phi) is 4.64. The Morgan fingerprint density at radius 1 is 1.11 bits per heavy atom. The van der Waals surface area contributed by atoms with E-state index in [0.29, 0.717) is 6.04 Å². The fourth-order valence-corrected chi connectivity index (χ4v) is 3.40. The lowest BCUT2D eigenvalue weighted by Crippen LogP contribution is -2.38. The van der Waals surface area contributed by atoms with E-state index in [0.717, 1.165) is 12.5 Å². The van der Waals surface area contributed by atoms with Crippen molar-refractivity contribution in [1.29, 1.82) is 0 Å². The molecule has 2 unspecified atom stereocenters. The van der Waals surface area contributed by atoms with E-state index in [1.807, 2.05) is 0 Å². The van der Waals surface area contributed by atoms with Crippen molar-refractivity contribution in [2.24, 2.45) is 5.92 Å². The molecule has 0 radical (unpaired) electrons. The Morgan fingerprint density at radius 3 is 2.37 bits per heavy atom. The molecule has 2 rings (SSSR count). The van der Waals surface area contributed by atoms with Gasteiger partial charge in [-0.2, -0.15) is 0 Å². The monoisotopic (exact) mass is 260 g/mol. The Balaban J connectivity index is 2.35. The number of hydrogen-bond donors (Lipinski definition) is 1. The van der Waals surface area contributed by atoms with Gasteiger partial charge in [0.15, 0.2) is 0 Å². The van der Waals surface area contributed by atoms with Crippen molar-refractivity contribution in [1.82, 2.24) is 10.2 Å². The highest BCUT2D eigenvalue weighted by atomic mass is 15.1. The minimum atomic E-state index is 0.534. The molecule has 0 amide bonds. The first-order chi connectivity index (χ1) is 9.00. The third kappa shape index (κ3) is 3.18. The van der Waals surface area contributed by atoms with Crippen LogP contribution in [0.5, 0.6) is 0 Å². The predicted octanol–water partition coefficient (Wildman–Crippen LogP) is 3.21. The van der Waals surface area contributed by atoms with Gasteiger partial charge in [0.2, 0.25) is 0 Å². The van der Waals surface area contributed by atoms with Crippen molar-refractivity contribution >= 4 is 0 Å². The summed E-state index contributed by atoms with van der Waals surface area (Å²) in [5, 5.41) is 3.56. The number of hydrogen-bond acceptors (Lipinski definition) is 2. The maximum absolute atomic E-state index is 3.56. The molecular weight excluding hydrogens is 232 g/mol. The van der Waals surface area contributed by atoms with Crippen LogP contribution in [0.1, 0.15) is 41.1 Å². The molecule has 0 aromatic heterocycles. The van der Waals surface area contributed by atoms with Gasteiger partial charge in [0, 0.05) is 6.04 Å². The van der Waals surface area contributed by atoms with E-state index < -0.39 is 0 Å². The van der Waals surface area contributed by atoms with E-state index in [2.05, 4.69) is 57.2 Å². The second-order valence-corrected chi connectivity index (χ2v) is 6.31. The summed E-state index contributed by atoms with van der Waals surface area (Å²) in [5.74, 6) is 0.726. The molecule has 1 N–H and O–H groups in total. The zero-order chi connectivity index (χ0) is 14.0. The average molecular weight is 260 g/mol. The highest BCUT2D eigenvalue weighted by molar-refractivity contribution is 5.38. The molecule has 1 saturated heterocycles. The average Bonchev–Trinajstić information content (AvgIpc) is 2.37. The van der Waals surface area contributed by atoms with E-state index in [-0.39, 0.29) is 0 Å². The van der Waals surface area contributed by atoms with Gasteiger partial charge in [-0.1, -0.05) is 12.1 Å². The minimum absolute atomic E-state index is 0.534. The molecule has 1 aliphatic rings. The van der Waals surface area contributed by atoms with Crippen LogP contribution >= 0.6 is 0 Å². The van der Waals surface area contributed by atoms with Crippen LogP contribution in [0, 0.1) is 26.7 Å². The Bertz CT molecular complexity index is 431. The smallest absolute Gasteiger partial charge is 0.0385 e. The molecule has 19 heavy (non-hydrogen) atoms. The normalized spacial score (nSPS) is 21.7. The molecule has 1 fully saturated rings. The number of piperidine rings is 1. The fraction of sp³-hybridized carbons (Fsp3) is 0.647. The van der Waals surface area contributed by atoms with Gasteiger partial charge >= 0.3 is 0 Å². The molecule has 1 aromatic carbocycles. The van der Waals surface area contributed by atoms with Crippen molar-refractivity contribution < 1.29 is 0 Å². The van der Waals surface area contributed by atoms with Gasteiger partial charge in [-0.25, -0.2) is 0 Å². The van der Waals surface area contributed by atoms with E-state index in [1.165, 1.54) is 41.6 Å². The summed E-state index contributed by atoms with van der Waals surface area (Å²) < 4.78 is 0. The maximum Gasteiger partial charge on any atom is 0.0385 e. The van der Waals surface area contributed by atoms with Gasteiger partial charge in [-0.15, -0.1) is 0 Å². The number of nitrogens with one attached hydrogen (secondary N) is 1. The molecule has 0 saturated carbocycles. The topological polar surface area (TPSA) is 15.3 Å². The van der Waals surface area contributed by atoms with Crippen LogP contribution in [0.25, 0.3) is 0 Å². The van der Waals surface area contributed by atoms with Crippen molar-refractivity contribution in [2.75, 3.05) is 27.2 Å². The van der Waals surface area contributed by atoms with Crippen LogP contribution in [-0.4, -0.2) is 32.1 Å². The highest BCUT2D eigenvalue weighted by Crippen LogP contribution is 2.34. The second kappa shape index (κ2) is 6.06. The van der Waals surface area contributed by atoms with Crippen molar-refractivity contribution in [2.45, 2.75) is 39.7 Å². The molecule has 0 spiro atoms. The van der Waals surface area contributed by atoms with Crippen LogP contribution in [0.15, 0.2) is 12.1 Å². The summed E-state index contributed by atoms with van der Waals surface area (Å²) in [7, 11) is 4.43. The summed E-state index contributed by atoms with van der Waals surface area (Å²) in [5.41, 5.74) is 5.77. The molecule has 106 valence electrons. The summed E-state index contributed by atoms with van der Waals surface area (Å²) in [6, 6.07) is 5.29. The van der Waals surface area contributed by atoms with Gasteiger partial charge in [0.05, 0.1) is 0 Å².